The highest BCUT2D eigenvalue weighted by atomic mass is 127. The molecule has 2 nitrogen and oxygen atoms in total. The minimum Gasteiger partial charge on any atom is -0.507 e. The number of phenols is 1. The van der Waals surface area contributed by atoms with Gasteiger partial charge in [0.2, 0.25) is 0 Å². The molecule has 0 radical (unpaired) electrons. The van der Waals surface area contributed by atoms with Crippen molar-refractivity contribution in [2.75, 3.05) is 0 Å². The Hall–Kier alpha value is -0.0000000000000000555. The maximum atomic E-state index is 9.69. The van der Waals surface area contributed by atoms with Gasteiger partial charge in [-0.1, -0.05) is 19.9 Å². The van der Waals surface area contributed by atoms with Gasteiger partial charge in [-0.15, -0.1) is 12.4 Å². The smallest absolute Gasteiger partial charge is 0.133 e. The summed E-state index contributed by atoms with van der Waals surface area (Å²) in [5.41, 5.74) is 7.67. The van der Waals surface area contributed by atoms with Gasteiger partial charge in [-0.2, -0.15) is 0 Å². The van der Waals surface area contributed by atoms with Gasteiger partial charge in [0.15, 0.2) is 0 Å². The molecule has 0 heterocycles. The molecule has 0 aliphatic heterocycles. The number of phenolic OH excluding ortho intramolecular Hbond substituents is 1. The zero-order valence-electron chi connectivity index (χ0n) is 8.96. The van der Waals surface area contributed by atoms with Crippen molar-refractivity contribution in [2.45, 2.75) is 32.7 Å². The number of halogens is 2. The molecular weight excluding hydrogens is 324 g/mol. The second-order valence-corrected chi connectivity index (χ2v) is 4.69. The van der Waals surface area contributed by atoms with Gasteiger partial charge in [0.1, 0.15) is 5.75 Å². The topological polar surface area (TPSA) is 46.2 Å². The summed E-state index contributed by atoms with van der Waals surface area (Å²) in [5, 5.41) is 9.69. The molecule has 1 unspecified atom stereocenters. The van der Waals surface area contributed by atoms with Crippen LogP contribution in [-0.4, -0.2) is 5.11 Å². The lowest BCUT2D eigenvalue weighted by atomic mass is 9.96. The van der Waals surface area contributed by atoms with E-state index in [1.807, 2.05) is 12.1 Å². The number of aromatic hydroxyl groups is 1. The molecule has 86 valence electrons. The molecule has 0 saturated carbocycles. The summed E-state index contributed by atoms with van der Waals surface area (Å²) < 4.78 is 0.890. The summed E-state index contributed by atoms with van der Waals surface area (Å²) in [7, 11) is 0. The maximum absolute atomic E-state index is 9.69. The lowest BCUT2D eigenvalue weighted by Crippen LogP contribution is -2.01. The first-order valence-electron chi connectivity index (χ1n) is 4.81. The van der Waals surface area contributed by atoms with Crippen molar-refractivity contribution in [2.24, 2.45) is 5.73 Å². The average Bonchev–Trinajstić information content (AvgIpc) is 2.20. The van der Waals surface area contributed by atoms with Crippen LogP contribution in [-0.2, 0) is 6.54 Å². The van der Waals surface area contributed by atoms with Gasteiger partial charge in [0.25, 0.3) is 0 Å². The normalized spacial score (nSPS) is 12.0. The molecule has 15 heavy (non-hydrogen) atoms. The fourth-order valence-electron chi connectivity index (χ4n) is 1.36. The summed E-state index contributed by atoms with van der Waals surface area (Å²) in [6, 6.07) is 4.04. The first-order valence-corrected chi connectivity index (χ1v) is 5.89. The Bertz CT molecular complexity index is 331. The first kappa shape index (κ1) is 15.0. The molecule has 0 amide bonds. The molecule has 0 spiro atoms. The van der Waals surface area contributed by atoms with Crippen LogP contribution >= 0.6 is 35.0 Å². The highest BCUT2D eigenvalue weighted by molar-refractivity contribution is 14.1. The monoisotopic (exact) mass is 341 g/mol. The van der Waals surface area contributed by atoms with E-state index in [4.69, 9.17) is 5.73 Å². The number of nitrogens with two attached hydrogens (primary N) is 1. The SMILES string of the molecule is CCC(C)c1cc(I)c(O)c(CN)c1.Cl. The van der Waals surface area contributed by atoms with Crippen molar-refractivity contribution >= 4 is 35.0 Å². The molecule has 3 N–H and O–H groups in total. The van der Waals surface area contributed by atoms with Crippen LogP contribution in [0.3, 0.4) is 0 Å². The fraction of sp³-hybridized carbons (Fsp3) is 0.455. The lowest BCUT2D eigenvalue weighted by Gasteiger charge is -2.13. The third kappa shape index (κ3) is 3.50. The minimum atomic E-state index is 0. The van der Waals surface area contributed by atoms with E-state index in [9.17, 15) is 5.11 Å². The van der Waals surface area contributed by atoms with E-state index in [0.29, 0.717) is 18.2 Å². The van der Waals surface area contributed by atoms with Gasteiger partial charge in [0, 0.05) is 12.1 Å². The summed E-state index contributed by atoms with van der Waals surface area (Å²) in [6.07, 6.45) is 1.10. The van der Waals surface area contributed by atoms with Gasteiger partial charge in [0.05, 0.1) is 3.57 Å². The zero-order valence-corrected chi connectivity index (χ0v) is 11.9. The van der Waals surface area contributed by atoms with Crippen molar-refractivity contribution < 1.29 is 5.11 Å². The predicted octanol–water partition coefficient (Wildman–Crippen LogP) is 3.39. The Morgan fingerprint density at radius 3 is 2.53 bits per heavy atom. The number of rotatable bonds is 3. The fourth-order valence-corrected chi connectivity index (χ4v) is 2.06. The van der Waals surface area contributed by atoms with Crippen LogP contribution in [0.4, 0.5) is 0 Å². The predicted molar refractivity (Wildman–Crippen MR) is 74.7 cm³/mol. The highest BCUT2D eigenvalue weighted by Crippen LogP contribution is 2.30. The van der Waals surface area contributed by atoms with E-state index in [2.05, 4.69) is 36.4 Å². The second kappa shape index (κ2) is 6.55. The van der Waals surface area contributed by atoms with Crippen LogP contribution < -0.4 is 5.73 Å². The number of hydrogen-bond acceptors (Lipinski definition) is 2. The van der Waals surface area contributed by atoms with E-state index in [1.165, 1.54) is 5.56 Å². The Labute approximate surface area is 111 Å². The van der Waals surface area contributed by atoms with E-state index < -0.39 is 0 Å². The van der Waals surface area contributed by atoms with Crippen molar-refractivity contribution in [1.29, 1.82) is 0 Å². The van der Waals surface area contributed by atoms with E-state index >= 15 is 0 Å². The highest BCUT2D eigenvalue weighted by Gasteiger charge is 2.10. The zero-order chi connectivity index (χ0) is 10.7. The van der Waals surface area contributed by atoms with Crippen molar-refractivity contribution in [3.63, 3.8) is 0 Å². The summed E-state index contributed by atoms with van der Waals surface area (Å²) >= 11 is 2.14. The van der Waals surface area contributed by atoms with E-state index in [1.54, 1.807) is 0 Å². The van der Waals surface area contributed by atoms with Crippen molar-refractivity contribution in [3.05, 3.63) is 26.8 Å². The summed E-state index contributed by atoms with van der Waals surface area (Å²) in [5.74, 6) is 0.856. The van der Waals surface area contributed by atoms with Gasteiger partial charge >= 0.3 is 0 Å². The molecule has 4 heteroatoms. The van der Waals surface area contributed by atoms with Crippen LogP contribution in [0, 0.1) is 3.57 Å². The molecule has 0 bridgehead atoms. The third-order valence-electron chi connectivity index (χ3n) is 2.57. The van der Waals surface area contributed by atoms with E-state index in [-0.39, 0.29) is 12.4 Å². The number of benzene rings is 1. The molecule has 0 fully saturated rings. The third-order valence-corrected chi connectivity index (χ3v) is 3.39. The summed E-state index contributed by atoms with van der Waals surface area (Å²) in [4.78, 5) is 0. The molecule has 0 saturated heterocycles. The first-order chi connectivity index (χ1) is 6.60. The van der Waals surface area contributed by atoms with Crippen LogP contribution in [0.15, 0.2) is 12.1 Å². The van der Waals surface area contributed by atoms with Gasteiger partial charge in [-0.3, -0.25) is 0 Å². The number of hydrogen-bond donors (Lipinski definition) is 2. The Kier molecular flexibility index (Phi) is 6.55. The largest absolute Gasteiger partial charge is 0.507 e. The lowest BCUT2D eigenvalue weighted by molar-refractivity contribution is 0.464. The molecule has 0 aliphatic rings. The van der Waals surface area contributed by atoms with Crippen LogP contribution in [0.1, 0.15) is 37.3 Å². The summed E-state index contributed by atoms with van der Waals surface area (Å²) in [6.45, 7) is 4.74. The van der Waals surface area contributed by atoms with Gasteiger partial charge in [-0.25, -0.2) is 0 Å². The average molecular weight is 342 g/mol. The Morgan fingerprint density at radius 1 is 1.47 bits per heavy atom. The van der Waals surface area contributed by atoms with E-state index in [0.717, 1.165) is 15.6 Å². The molecule has 0 aromatic heterocycles. The van der Waals surface area contributed by atoms with Crippen molar-refractivity contribution in [1.82, 2.24) is 0 Å². The molecule has 1 aromatic rings. The Balaban J connectivity index is 0.00000196. The Morgan fingerprint density at radius 2 is 2.07 bits per heavy atom. The molecular formula is C11H17ClINO. The molecule has 1 rings (SSSR count). The molecule has 1 aromatic carbocycles. The van der Waals surface area contributed by atoms with Crippen LogP contribution in [0.25, 0.3) is 0 Å². The molecule has 1 atom stereocenters. The maximum Gasteiger partial charge on any atom is 0.133 e. The standard InChI is InChI=1S/C11H16INO.ClH/c1-3-7(2)8-4-9(6-13)11(14)10(12)5-8;/h4-5,7,14H,3,6,13H2,1-2H3;1H. The van der Waals surface area contributed by atoms with Crippen LogP contribution in [0.5, 0.6) is 5.75 Å². The van der Waals surface area contributed by atoms with Gasteiger partial charge < -0.3 is 10.8 Å². The van der Waals surface area contributed by atoms with Crippen LogP contribution in [0.2, 0.25) is 0 Å². The second-order valence-electron chi connectivity index (χ2n) is 3.52. The van der Waals surface area contributed by atoms with Crippen molar-refractivity contribution in [3.8, 4) is 5.75 Å². The molecule has 0 aliphatic carbocycles. The van der Waals surface area contributed by atoms with Gasteiger partial charge in [-0.05, 0) is 46.6 Å². The minimum absolute atomic E-state index is 0. The quantitative estimate of drug-likeness (QED) is 0.828.